The van der Waals surface area contributed by atoms with Crippen LogP contribution in [0.5, 0.6) is 0 Å². The van der Waals surface area contributed by atoms with E-state index in [-0.39, 0.29) is 5.97 Å². The Labute approximate surface area is 137 Å². The average Bonchev–Trinajstić information content (AvgIpc) is 2.52. The molecule has 0 aromatic carbocycles. The molecule has 124 valence electrons. The molecule has 22 heavy (non-hydrogen) atoms. The molecule has 0 aliphatic heterocycles. The molecule has 0 saturated heterocycles. The molecule has 0 aliphatic carbocycles. The van der Waals surface area contributed by atoms with E-state index < -0.39 is 0 Å². The number of ether oxygens (including phenoxy) is 1. The third-order valence-corrected chi connectivity index (χ3v) is 3.50. The molecule has 0 N–H and O–H groups in total. The van der Waals surface area contributed by atoms with Gasteiger partial charge in [-0.3, -0.25) is 4.79 Å². The van der Waals surface area contributed by atoms with E-state index >= 15 is 0 Å². The Morgan fingerprint density at radius 1 is 0.727 bits per heavy atom. The molecule has 0 aromatic heterocycles. The first-order chi connectivity index (χ1) is 10.8. The van der Waals surface area contributed by atoms with Crippen molar-refractivity contribution < 1.29 is 9.53 Å². The van der Waals surface area contributed by atoms with Gasteiger partial charge in [0.15, 0.2) is 0 Å². The van der Waals surface area contributed by atoms with Crippen molar-refractivity contribution in [3.8, 4) is 23.7 Å². The molecular weight excluding hydrogens is 272 g/mol. The van der Waals surface area contributed by atoms with E-state index in [9.17, 15) is 4.79 Å². The third kappa shape index (κ3) is 16.6. The van der Waals surface area contributed by atoms with Crippen molar-refractivity contribution in [3.63, 3.8) is 0 Å². The first kappa shape index (κ1) is 20.6. The number of esters is 1. The van der Waals surface area contributed by atoms with Gasteiger partial charge >= 0.3 is 5.97 Å². The lowest BCUT2D eigenvalue weighted by atomic mass is 10.1. The van der Waals surface area contributed by atoms with Crippen LogP contribution in [-0.2, 0) is 9.53 Å². The van der Waals surface area contributed by atoms with Gasteiger partial charge in [0.1, 0.15) is 0 Å². The summed E-state index contributed by atoms with van der Waals surface area (Å²) in [6, 6.07) is 0. The van der Waals surface area contributed by atoms with Gasteiger partial charge in [0.2, 0.25) is 0 Å². The van der Waals surface area contributed by atoms with Crippen molar-refractivity contribution in [2.45, 2.75) is 90.9 Å². The Bertz CT molecular complexity index is 376. The minimum atomic E-state index is -0.0419. The highest BCUT2D eigenvalue weighted by Crippen LogP contribution is 2.08. The van der Waals surface area contributed by atoms with Gasteiger partial charge in [0.05, 0.1) is 6.61 Å². The second-order valence-electron chi connectivity index (χ2n) is 5.51. The monoisotopic (exact) mass is 304 g/mol. The van der Waals surface area contributed by atoms with E-state index in [1.54, 1.807) is 0 Å². The predicted octanol–water partition coefficient (Wildman–Crippen LogP) is 5.26. The average molecular weight is 304 g/mol. The fraction of sp³-hybridized carbons (Fsp3) is 0.750. The summed E-state index contributed by atoms with van der Waals surface area (Å²) in [5.41, 5.74) is 0. The molecule has 0 atom stereocenters. The SMILES string of the molecule is CC#CCCCCCCCCOC(=O)CCCCCC#CC. The van der Waals surface area contributed by atoms with Gasteiger partial charge in [0, 0.05) is 19.3 Å². The van der Waals surface area contributed by atoms with Crippen LogP contribution in [0.3, 0.4) is 0 Å². The highest BCUT2D eigenvalue weighted by atomic mass is 16.5. The second kappa shape index (κ2) is 17.6. The maximum Gasteiger partial charge on any atom is 0.305 e. The van der Waals surface area contributed by atoms with Crippen LogP contribution in [0.1, 0.15) is 90.9 Å². The lowest BCUT2D eigenvalue weighted by Crippen LogP contribution is -2.05. The minimum absolute atomic E-state index is 0.0419. The van der Waals surface area contributed by atoms with Crippen molar-refractivity contribution in [3.05, 3.63) is 0 Å². The highest BCUT2D eigenvalue weighted by molar-refractivity contribution is 5.69. The molecular formula is C20H32O2. The normalized spacial score (nSPS) is 9.36. The summed E-state index contributed by atoms with van der Waals surface area (Å²) in [5.74, 6) is 11.9. The summed E-state index contributed by atoms with van der Waals surface area (Å²) >= 11 is 0. The van der Waals surface area contributed by atoms with Crippen molar-refractivity contribution >= 4 is 5.97 Å². The minimum Gasteiger partial charge on any atom is -0.466 e. The summed E-state index contributed by atoms with van der Waals surface area (Å²) in [4.78, 5) is 11.5. The molecule has 0 rings (SSSR count). The zero-order valence-electron chi connectivity index (χ0n) is 14.5. The first-order valence-electron chi connectivity index (χ1n) is 8.76. The third-order valence-electron chi connectivity index (χ3n) is 3.50. The Hall–Kier alpha value is -1.41. The second-order valence-corrected chi connectivity index (χ2v) is 5.51. The van der Waals surface area contributed by atoms with Gasteiger partial charge in [-0.2, -0.15) is 0 Å². The number of unbranched alkanes of at least 4 members (excludes halogenated alkanes) is 9. The van der Waals surface area contributed by atoms with Crippen molar-refractivity contribution in [1.29, 1.82) is 0 Å². The van der Waals surface area contributed by atoms with Gasteiger partial charge in [-0.05, 0) is 39.5 Å². The molecule has 0 spiro atoms. The molecule has 0 bridgehead atoms. The van der Waals surface area contributed by atoms with Crippen LogP contribution in [0.4, 0.5) is 0 Å². The molecule has 2 nitrogen and oxygen atoms in total. The molecule has 2 heteroatoms. The number of carbonyl (C=O) groups excluding carboxylic acids is 1. The van der Waals surface area contributed by atoms with Gasteiger partial charge < -0.3 is 4.74 Å². The largest absolute Gasteiger partial charge is 0.466 e. The van der Waals surface area contributed by atoms with Crippen LogP contribution in [0.2, 0.25) is 0 Å². The van der Waals surface area contributed by atoms with Crippen LogP contribution in [0.15, 0.2) is 0 Å². The van der Waals surface area contributed by atoms with E-state index in [4.69, 9.17) is 4.74 Å². The molecule has 0 aliphatic rings. The number of hydrogen-bond acceptors (Lipinski definition) is 2. The molecule has 0 saturated carbocycles. The van der Waals surface area contributed by atoms with Crippen LogP contribution >= 0.6 is 0 Å². The highest BCUT2D eigenvalue weighted by Gasteiger charge is 2.02. The number of hydrogen-bond donors (Lipinski definition) is 0. The van der Waals surface area contributed by atoms with Gasteiger partial charge in [-0.15, -0.1) is 23.7 Å². The molecule has 0 fully saturated rings. The Morgan fingerprint density at radius 2 is 1.23 bits per heavy atom. The van der Waals surface area contributed by atoms with E-state index in [1.807, 2.05) is 13.8 Å². The number of carbonyl (C=O) groups is 1. The molecule has 0 aromatic rings. The topological polar surface area (TPSA) is 26.3 Å². The molecule has 0 amide bonds. The Morgan fingerprint density at radius 3 is 1.82 bits per heavy atom. The van der Waals surface area contributed by atoms with Gasteiger partial charge in [-0.25, -0.2) is 0 Å². The Balaban J connectivity index is 3.20. The van der Waals surface area contributed by atoms with Crippen molar-refractivity contribution in [2.24, 2.45) is 0 Å². The summed E-state index contributed by atoms with van der Waals surface area (Å²) in [6.45, 7) is 4.34. The van der Waals surface area contributed by atoms with Crippen LogP contribution < -0.4 is 0 Å². The summed E-state index contributed by atoms with van der Waals surface area (Å²) in [5, 5.41) is 0. The fourth-order valence-corrected chi connectivity index (χ4v) is 2.19. The van der Waals surface area contributed by atoms with Crippen LogP contribution in [0.25, 0.3) is 0 Å². The van der Waals surface area contributed by atoms with E-state index in [0.29, 0.717) is 13.0 Å². The summed E-state index contributed by atoms with van der Waals surface area (Å²) in [6.07, 6.45) is 12.7. The molecule has 0 unspecified atom stereocenters. The Kier molecular flexibility index (Phi) is 16.5. The lowest BCUT2D eigenvalue weighted by Gasteiger charge is -2.04. The molecule has 0 heterocycles. The van der Waals surface area contributed by atoms with Crippen molar-refractivity contribution in [2.75, 3.05) is 6.61 Å². The van der Waals surface area contributed by atoms with E-state index in [0.717, 1.165) is 44.9 Å². The zero-order chi connectivity index (χ0) is 16.3. The van der Waals surface area contributed by atoms with E-state index in [1.165, 1.54) is 25.7 Å². The summed E-state index contributed by atoms with van der Waals surface area (Å²) < 4.78 is 5.24. The maximum atomic E-state index is 11.5. The standard InChI is InChI=1S/C20H32O2/c1-3-5-7-9-11-12-13-15-17-19-22-20(21)18-16-14-10-8-6-4-2/h7-19H2,1-2H3. The van der Waals surface area contributed by atoms with Gasteiger partial charge in [0.25, 0.3) is 0 Å². The van der Waals surface area contributed by atoms with Gasteiger partial charge in [-0.1, -0.05) is 32.1 Å². The van der Waals surface area contributed by atoms with Crippen LogP contribution in [-0.4, -0.2) is 12.6 Å². The predicted molar refractivity (Wildman–Crippen MR) is 93.3 cm³/mol. The quantitative estimate of drug-likeness (QED) is 0.264. The fourth-order valence-electron chi connectivity index (χ4n) is 2.19. The maximum absolute atomic E-state index is 11.5. The number of rotatable bonds is 13. The zero-order valence-corrected chi connectivity index (χ0v) is 14.5. The van der Waals surface area contributed by atoms with E-state index in [2.05, 4.69) is 23.7 Å². The first-order valence-corrected chi connectivity index (χ1v) is 8.76. The lowest BCUT2D eigenvalue weighted by molar-refractivity contribution is -0.143. The van der Waals surface area contributed by atoms with Crippen molar-refractivity contribution in [1.82, 2.24) is 0 Å². The summed E-state index contributed by atoms with van der Waals surface area (Å²) in [7, 11) is 0. The van der Waals surface area contributed by atoms with Crippen LogP contribution in [0, 0.1) is 23.7 Å². The smallest absolute Gasteiger partial charge is 0.305 e. The molecule has 0 radical (unpaired) electrons.